The maximum Gasteiger partial charge on any atom is 0.178 e. The van der Waals surface area contributed by atoms with Gasteiger partial charge in [0.1, 0.15) is 12.1 Å². The number of nitrogens with zero attached hydrogens (tertiary/aromatic N) is 2. The number of methoxy groups -OCH3 is 2. The van der Waals surface area contributed by atoms with Gasteiger partial charge in [0.2, 0.25) is 0 Å². The second kappa shape index (κ2) is 16.3. The Hall–Kier alpha value is -4.56. The molecule has 2 aromatic rings. The maximum atomic E-state index is 12.5. The highest BCUT2D eigenvalue weighted by Crippen LogP contribution is 2.31. The Morgan fingerprint density at radius 1 is 0.636 bits per heavy atom. The monoisotopic (exact) mass is 600 g/mol. The molecule has 44 heavy (non-hydrogen) atoms. The molecule has 0 aliphatic rings. The summed E-state index contributed by atoms with van der Waals surface area (Å²) in [6, 6.07) is 14.7. The topological polar surface area (TPSA) is 119 Å². The summed E-state index contributed by atoms with van der Waals surface area (Å²) in [4.78, 5) is 25.0. The Morgan fingerprint density at radius 3 is 1.30 bits per heavy atom. The van der Waals surface area contributed by atoms with Crippen molar-refractivity contribution >= 4 is 23.7 Å². The van der Waals surface area contributed by atoms with Crippen LogP contribution in [0.3, 0.4) is 0 Å². The molecule has 0 atom stereocenters. The highest BCUT2D eigenvalue weighted by Gasteiger charge is 2.26. The molecule has 8 nitrogen and oxygen atoms in total. The van der Waals surface area contributed by atoms with Crippen molar-refractivity contribution in [3.8, 4) is 35.1 Å². The number of benzene rings is 2. The van der Waals surface area contributed by atoms with Crippen LogP contribution < -0.4 is 18.9 Å². The molecule has 0 fully saturated rings. The van der Waals surface area contributed by atoms with Gasteiger partial charge in [-0.05, 0) is 73.2 Å². The van der Waals surface area contributed by atoms with Gasteiger partial charge in [0, 0.05) is 10.8 Å². The van der Waals surface area contributed by atoms with Crippen LogP contribution in [-0.4, -0.2) is 39.0 Å². The number of hydrogen-bond acceptors (Lipinski definition) is 8. The quantitative estimate of drug-likeness (QED) is 0.116. The third-order valence-corrected chi connectivity index (χ3v) is 6.64. The Morgan fingerprint density at radius 2 is 1.00 bits per heavy atom. The number of hydrogen-bond donors (Lipinski definition) is 0. The van der Waals surface area contributed by atoms with E-state index in [9.17, 15) is 20.1 Å². The van der Waals surface area contributed by atoms with Gasteiger partial charge in [-0.15, -0.1) is 0 Å². The Balaban J connectivity index is 1.84. The average molecular weight is 601 g/mol. The van der Waals surface area contributed by atoms with Crippen LogP contribution >= 0.6 is 0 Å². The molecule has 0 amide bonds. The lowest BCUT2D eigenvalue weighted by Crippen LogP contribution is -2.21. The molecule has 0 aliphatic heterocycles. The number of nitriles is 2. The van der Waals surface area contributed by atoms with Gasteiger partial charge in [0.15, 0.2) is 34.6 Å². The fraction of sp³-hybridized carbons (Fsp3) is 0.444. The molecule has 2 rings (SSSR count). The van der Waals surface area contributed by atoms with E-state index in [1.54, 1.807) is 104 Å². The molecule has 0 radical (unpaired) electrons. The van der Waals surface area contributed by atoms with Crippen molar-refractivity contribution < 1.29 is 28.5 Å². The predicted octanol–water partition coefficient (Wildman–Crippen LogP) is 7.77. The first-order chi connectivity index (χ1) is 20.7. The van der Waals surface area contributed by atoms with Crippen molar-refractivity contribution in [1.29, 1.82) is 10.5 Å². The van der Waals surface area contributed by atoms with Crippen molar-refractivity contribution in [2.45, 2.75) is 67.2 Å². The van der Waals surface area contributed by atoms with Crippen molar-refractivity contribution in [1.82, 2.24) is 0 Å². The van der Waals surface area contributed by atoms with Crippen LogP contribution in [0.15, 0.2) is 47.5 Å². The summed E-state index contributed by atoms with van der Waals surface area (Å²) in [5.41, 5.74) is 0.293. The summed E-state index contributed by atoms with van der Waals surface area (Å²) in [5, 5.41) is 18.9. The van der Waals surface area contributed by atoms with E-state index in [0.29, 0.717) is 47.3 Å². The summed E-state index contributed by atoms with van der Waals surface area (Å²) < 4.78 is 22.8. The lowest BCUT2D eigenvalue weighted by atomic mass is 9.86. The Bertz CT molecular complexity index is 1350. The van der Waals surface area contributed by atoms with Gasteiger partial charge < -0.3 is 18.9 Å². The van der Waals surface area contributed by atoms with Gasteiger partial charge in [-0.25, -0.2) is 0 Å². The molecule has 0 N–H and O–H groups in total. The van der Waals surface area contributed by atoms with Crippen LogP contribution in [-0.2, 0) is 9.59 Å². The number of allylic oxidation sites excluding steroid dienone is 2. The van der Waals surface area contributed by atoms with Crippen molar-refractivity contribution in [3.63, 3.8) is 0 Å². The van der Waals surface area contributed by atoms with E-state index in [0.717, 1.165) is 25.7 Å². The predicted molar refractivity (Wildman–Crippen MR) is 172 cm³/mol. The summed E-state index contributed by atoms with van der Waals surface area (Å²) in [6.07, 6.45) is 6.75. The van der Waals surface area contributed by atoms with E-state index < -0.39 is 10.8 Å². The van der Waals surface area contributed by atoms with Gasteiger partial charge in [-0.1, -0.05) is 53.7 Å². The van der Waals surface area contributed by atoms with Crippen molar-refractivity contribution in [3.05, 3.63) is 58.7 Å². The number of carbonyl (C=O) groups excluding carboxylic acids is 2. The van der Waals surface area contributed by atoms with E-state index in [1.807, 2.05) is 12.1 Å². The number of ketones is 2. The van der Waals surface area contributed by atoms with Crippen LogP contribution in [0.2, 0.25) is 0 Å². The SMILES string of the molecule is COc1cc(C=C(C#N)C(=O)C(C)(C)C)ccc1OCCCCCCOc1ccc(C=C(C#N)C(=O)C(C)(C)C)cc1OC. The minimum atomic E-state index is -0.643. The highest BCUT2D eigenvalue weighted by atomic mass is 16.5. The van der Waals surface area contributed by atoms with E-state index in [-0.39, 0.29) is 22.7 Å². The molecule has 0 saturated carbocycles. The minimum absolute atomic E-state index is 0.100. The second-order valence-corrected chi connectivity index (χ2v) is 12.4. The van der Waals surface area contributed by atoms with Crippen molar-refractivity contribution in [2.24, 2.45) is 10.8 Å². The summed E-state index contributed by atoms with van der Waals surface area (Å²) in [5.74, 6) is 1.85. The third-order valence-electron chi connectivity index (χ3n) is 6.64. The molecular formula is C36H44N2O6. The number of unbranched alkanes of at least 4 members (excludes halogenated alkanes) is 3. The van der Waals surface area contributed by atoms with Crippen LogP contribution in [0.4, 0.5) is 0 Å². The standard InChI is InChI=1S/C36H44N2O6/c1-35(2,3)33(39)27(23-37)19-25-13-15-29(31(21-25)41-7)43-17-11-9-10-12-18-44-30-16-14-26(22-32(30)42-8)20-28(24-38)34(40)36(4,5)6/h13-16,19-22H,9-12,17-18H2,1-8H3. The van der Waals surface area contributed by atoms with Crippen LogP contribution in [0.25, 0.3) is 12.2 Å². The summed E-state index contributed by atoms with van der Waals surface area (Å²) in [7, 11) is 3.11. The zero-order chi connectivity index (χ0) is 32.9. The van der Waals surface area contributed by atoms with E-state index in [4.69, 9.17) is 18.9 Å². The molecule has 0 aliphatic carbocycles. The normalized spacial score (nSPS) is 12.1. The number of carbonyl (C=O) groups is 2. The largest absolute Gasteiger partial charge is 0.493 e. The molecule has 0 bridgehead atoms. The molecule has 234 valence electrons. The molecule has 8 heteroatoms. The zero-order valence-electron chi connectivity index (χ0n) is 27.2. The Kier molecular flexibility index (Phi) is 13.2. The molecule has 0 heterocycles. The van der Waals surface area contributed by atoms with E-state index >= 15 is 0 Å². The average Bonchev–Trinajstić information content (AvgIpc) is 2.98. The lowest BCUT2D eigenvalue weighted by molar-refractivity contribution is -0.122. The fourth-order valence-electron chi connectivity index (χ4n) is 4.15. The maximum absolute atomic E-state index is 12.5. The van der Waals surface area contributed by atoms with Gasteiger partial charge in [0.25, 0.3) is 0 Å². The van der Waals surface area contributed by atoms with Crippen molar-refractivity contribution in [2.75, 3.05) is 27.4 Å². The summed E-state index contributed by atoms with van der Waals surface area (Å²) >= 11 is 0. The minimum Gasteiger partial charge on any atom is -0.493 e. The first kappa shape index (κ1) is 35.6. The number of rotatable bonds is 15. The zero-order valence-corrected chi connectivity index (χ0v) is 27.2. The molecule has 2 aromatic carbocycles. The van der Waals surface area contributed by atoms with Gasteiger partial charge in [-0.3, -0.25) is 9.59 Å². The van der Waals surface area contributed by atoms with Crippen LogP contribution in [0, 0.1) is 33.5 Å². The van der Waals surface area contributed by atoms with Gasteiger partial charge >= 0.3 is 0 Å². The second-order valence-electron chi connectivity index (χ2n) is 12.4. The molecule has 0 aromatic heterocycles. The van der Waals surface area contributed by atoms with E-state index in [1.165, 1.54) is 0 Å². The Labute approximate surface area is 261 Å². The molecule has 0 saturated heterocycles. The first-order valence-electron chi connectivity index (χ1n) is 14.7. The molecular weight excluding hydrogens is 556 g/mol. The van der Waals surface area contributed by atoms with Crippen LogP contribution in [0.5, 0.6) is 23.0 Å². The first-order valence-corrected chi connectivity index (χ1v) is 14.7. The van der Waals surface area contributed by atoms with Gasteiger partial charge in [0.05, 0.1) is 38.6 Å². The number of Topliss-reactive ketones (excluding diaryl/α,β-unsaturated/α-hetero) is 2. The van der Waals surface area contributed by atoms with E-state index in [2.05, 4.69) is 0 Å². The third kappa shape index (κ3) is 10.6. The lowest BCUT2D eigenvalue weighted by Gasteiger charge is -2.16. The molecule has 0 spiro atoms. The number of ether oxygens (including phenoxy) is 4. The van der Waals surface area contributed by atoms with Gasteiger partial charge in [-0.2, -0.15) is 10.5 Å². The smallest absolute Gasteiger partial charge is 0.178 e. The van der Waals surface area contributed by atoms with Crippen LogP contribution in [0.1, 0.15) is 78.4 Å². The fourth-order valence-corrected chi connectivity index (χ4v) is 4.15. The summed E-state index contributed by atoms with van der Waals surface area (Å²) in [6.45, 7) is 11.7. The molecule has 0 unspecified atom stereocenters. The highest BCUT2D eigenvalue weighted by molar-refractivity contribution is 6.06.